The van der Waals surface area contributed by atoms with Gasteiger partial charge in [-0.1, -0.05) is 13.8 Å². The third-order valence-electron chi connectivity index (χ3n) is 4.47. The van der Waals surface area contributed by atoms with Gasteiger partial charge in [0.1, 0.15) is 0 Å². The zero-order valence-electron chi connectivity index (χ0n) is 13.6. The fourth-order valence-electron chi connectivity index (χ4n) is 3.06. The molecule has 128 valence electrons. The zero-order chi connectivity index (χ0) is 16.4. The molecule has 0 saturated carbocycles. The molecule has 0 spiro atoms. The molecule has 6 nitrogen and oxygen atoms in total. The lowest BCUT2D eigenvalue weighted by Crippen LogP contribution is -2.39. The standard InChI is InChI=1S/C16H24N2O4S/c1-3-18-10-12(2)14(11-18)17-23(19,20)13-5-6-15-16(9-13)22-8-4-7-21-15/h5-6,9,12,14,17H,3-4,7-8,10-11H2,1-2H3/t12-,14-/m0/s1. The lowest BCUT2D eigenvalue weighted by Gasteiger charge is -2.17. The van der Waals surface area contributed by atoms with E-state index in [1.54, 1.807) is 18.2 Å². The van der Waals surface area contributed by atoms with E-state index in [2.05, 4.69) is 23.5 Å². The summed E-state index contributed by atoms with van der Waals surface area (Å²) >= 11 is 0. The summed E-state index contributed by atoms with van der Waals surface area (Å²) in [5, 5.41) is 0. The van der Waals surface area contributed by atoms with Gasteiger partial charge in [0.25, 0.3) is 0 Å². The average Bonchev–Trinajstić information content (AvgIpc) is 2.74. The zero-order valence-corrected chi connectivity index (χ0v) is 14.4. The number of ether oxygens (including phenoxy) is 2. The van der Waals surface area contributed by atoms with Crippen molar-refractivity contribution in [2.24, 2.45) is 5.92 Å². The Morgan fingerprint density at radius 3 is 2.65 bits per heavy atom. The summed E-state index contributed by atoms with van der Waals surface area (Å²) in [5.41, 5.74) is 0. The van der Waals surface area contributed by atoms with Crippen molar-refractivity contribution in [3.8, 4) is 11.5 Å². The molecular formula is C16H24N2O4S. The molecule has 0 unspecified atom stereocenters. The van der Waals surface area contributed by atoms with Crippen molar-refractivity contribution in [2.75, 3.05) is 32.8 Å². The van der Waals surface area contributed by atoms with Crippen molar-refractivity contribution in [2.45, 2.75) is 31.2 Å². The summed E-state index contributed by atoms with van der Waals surface area (Å²) in [6, 6.07) is 4.75. The number of likely N-dealkylation sites (tertiary alicyclic amines) is 1. The van der Waals surface area contributed by atoms with Gasteiger partial charge < -0.3 is 14.4 Å². The van der Waals surface area contributed by atoms with Crippen LogP contribution in [0.1, 0.15) is 20.3 Å². The molecule has 1 N–H and O–H groups in total. The van der Waals surface area contributed by atoms with E-state index in [9.17, 15) is 8.42 Å². The Labute approximate surface area is 137 Å². The maximum Gasteiger partial charge on any atom is 0.241 e. The molecular weight excluding hydrogens is 316 g/mol. The number of nitrogens with zero attached hydrogens (tertiary/aromatic N) is 1. The molecule has 0 radical (unpaired) electrons. The fraction of sp³-hybridized carbons (Fsp3) is 0.625. The smallest absolute Gasteiger partial charge is 0.241 e. The number of sulfonamides is 1. The summed E-state index contributed by atoms with van der Waals surface area (Å²) in [6.45, 7) is 7.90. The van der Waals surface area contributed by atoms with Gasteiger partial charge in [0.05, 0.1) is 18.1 Å². The van der Waals surface area contributed by atoms with Crippen LogP contribution in [0.2, 0.25) is 0 Å². The second kappa shape index (κ2) is 6.67. The maximum absolute atomic E-state index is 12.7. The minimum absolute atomic E-state index is 0.0593. The lowest BCUT2D eigenvalue weighted by molar-refractivity contribution is 0.297. The van der Waals surface area contributed by atoms with Gasteiger partial charge in [0, 0.05) is 31.6 Å². The first kappa shape index (κ1) is 16.5. The maximum atomic E-state index is 12.7. The van der Waals surface area contributed by atoms with Crippen molar-refractivity contribution in [3.05, 3.63) is 18.2 Å². The van der Waals surface area contributed by atoms with Crippen molar-refractivity contribution in [3.63, 3.8) is 0 Å². The molecule has 7 heteroatoms. The molecule has 1 saturated heterocycles. The average molecular weight is 340 g/mol. The molecule has 1 fully saturated rings. The summed E-state index contributed by atoms with van der Waals surface area (Å²) < 4.78 is 39.3. The van der Waals surface area contributed by atoms with Gasteiger partial charge in [-0.3, -0.25) is 0 Å². The Hall–Kier alpha value is -1.31. The van der Waals surface area contributed by atoms with Gasteiger partial charge in [0.2, 0.25) is 10.0 Å². The first-order chi connectivity index (χ1) is 11.0. The Balaban J connectivity index is 1.79. The van der Waals surface area contributed by atoms with Gasteiger partial charge in [-0.2, -0.15) is 0 Å². The Kier molecular flexibility index (Phi) is 4.79. The van der Waals surface area contributed by atoms with Crippen molar-refractivity contribution < 1.29 is 17.9 Å². The number of hydrogen-bond acceptors (Lipinski definition) is 5. The highest BCUT2D eigenvalue weighted by atomic mass is 32.2. The van der Waals surface area contributed by atoms with Crippen molar-refractivity contribution in [1.82, 2.24) is 9.62 Å². The number of likely N-dealkylation sites (N-methyl/N-ethyl adjacent to an activating group) is 1. The second-order valence-corrected chi connectivity index (χ2v) is 7.93. The Bertz CT molecular complexity index is 662. The predicted molar refractivity (Wildman–Crippen MR) is 87.4 cm³/mol. The summed E-state index contributed by atoms with van der Waals surface area (Å²) in [7, 11) is -3.57. The van der Waals surface area contributed by atoms with Crippen LogP contribution in [-0.2, 0) is 10.0 Å². The highest BCUT2D eigenvalue weighted by Crippen LogP contribution is 2.32. The van der Waals surface area contributed by atoms with Gasteiger partial charge in [0.15, 0.2) is 11.5 Å². The van der Waals surface area contributed by atoms with E-state index in [4.69, 9.17) is 9.47 Å². The quantitative estimate of drug-likeness (QED) is 0.899. The monoisotopic (exact) mass is 340 g/mol. The summed E-state index contributed by atoms with van der Waals surface area (Å²) in [4.78, 5) is 2.48. The highest BCUT2D eigenvalue weighted by Gasteiger charge is 2.32. The number of hydrogen-bond donors (Lipinski definition) is 1. The Morgan fingerprint density at radius 2 is 1.96 bits per heavy atom. The molecule has 0 amide bonds. The first-order valence-corrected chi connectivity index (χ1v) is 9.62. The molecule has 0 aromatic heterocycles. The molecule has 1 aromatic carbocycles. The number of nitrogens with one attached hydrogen (secondary N) is 1. The van der Waals surface area contributed by atoms with Gasteiger partial charge in [-0.05, 0) is 24.6 Å². The molecule has 2 aliphatic heterocycles. The fourth-order valence-corrected chi connectivity index (χ4v) is 4.41. The minimum Gasteiger partial charge on any atom is -0.490 e. The normalized spacial score (nSPS) is 25.3. The van der Waals surface area contributed by atoms with Crippen LogP contribution in [0.25, 0.3) is 0 Å². The molecule has 2 aliphatic rings. The van der Waals surface area contributed by atoms with Crippen molar-refractivity contribution in [1.29, 1.82) is 0 Å². The highest BCUT2D eigenvalue weighted by molar-refractivity contribution is 7.89. The number of benzene rings is 1. The lowest BCUT2D eigenvalue weighted by atomic mass is 10.1. The van der Waals surface area contributed by atoms with Crippen LogP contribution < -0.4 is 14.2 Å². The topological polar surface area (TPSA) is 67.9 Å². The van der Waals surface area contributed by atoms with Crippen molar-refractivity contribution >= 4 is 10.0 Å². The molecule has 2 atom stereocenters. The Morgan fingerprint density at radius 1 is 1.22 bits per heavy atom. The molecule has 23 heavy (non-hydrogen) atoms. The van der Waals surface area contributed by atoms with Crippen LogP contribution >= 0.6 is 0 Å². The first-order valence-electron chi connectivity index (χ1n) is 8.14. The van der Waals surface area contributed by atoms with Crippen LogP contribution in [-0.4, -0.2) is 52.2 Å². The SMILES string of the molecule is CCN1C[C@H](NS(=O)(=O)c2ccc3c(c2)OCCCO3)[C@@H](C)C1. The predicted octanol–water partition coefficient (Wildman–Crippen LogP) is 1.47. The largest absolute Gasteiger partial charge is 0.490 e. The summed E-state index contributed by atoms with van der Waals surface area (Å²) in [5.74, 6) is 1.40. The van der Waals surface area contributed by atoms with Crippen LogP contribution in [0.5, 0.6) is 11.5 Å². The second-order valence-electron chi connectivity index (χ2n) is 6.22. The molecule has 2 heterocycles. The molecule has 0 bridgehead atoms. The van der Waals surface area contributed by atoms with Crippen LogP contribution in [0.15, 0.2) is 23.1 Å². The van der Waals surface area contributed by atoms with Crippen LogP contribution in [0.4, 0.5) is 0 Å². The van der Waals surface area contributed by atoms with Gasteiger partial charge in [-0.15, -0.1) is 0 Å². The van der Waals surface area contributed by atoms with E-state index in [1.165, 1.54) is 0 Å². The number of rotatable bonds is 4. The van der Waals surface area contributed by atoms with Crippen LogP contribution in [0, 0.1) is 5.92 Å². The van der Waals surface area contributed by atoms with E-state index < -0.39 is 10.0 Å². The molecule has 1 aromatic rings. The van der Waals surface area contributed by atoms with Gasteiger partial charge >= 0.3 is 0 Å². The van der Waals surface area contributed by atoms with E-state index in [-0.39, 0.29) is 10.9 Å². The van der Waals surface area contributed by atoms with E-state index in [1.807, 2.05) is 0 Å². The molecule has 0 aliphatic carbocycles. The van der Waals surface area contributed by atoms with E-state index in [0.29, 0.717) is 30.6 Å². The number of fused-ring (bicyclic) bond motifs is 1. The van der Waals surface area contributed by atoms with E-state index in [0.717, 1.165) is 26.1 Å². The van der Waals surface area contributed by atoms with E-state index >= 15 is 0 Å². The third kappa shape index (κ3) is 3.62. The third-order valence-corrected chi connectivity index (χ3v) is 5.96. The van der Waals surface area contributed by atoms with Crippen LogP contribution in [0.3, 0.4) is 0 Å². The minimum atomic E-state index is -3.57. The summed E-state index contributed by atoms with van der Waals surface area (Å²) in [6.07, 6.45) is 0.793. The molecule has 3 rings (SSSR count). The van der Waals surface area contributed by atoms with Gasteiger partial charge in [-0.25, -0.2) is 13.1 Å².